The number of carbonyl (C=O) groups is 2. The topological polar surface area (TPSA) is 77.1 Å². The van der Waals surface area contributed by atoms with Gasteiger partial charge in [-0.3, -0.25) is 4.79 Å². The molecule has 1 N–H and O–H groups in total. The molecule has 3 heterocycles. The Balaban J connectivity index is 1.50. The third-order valence-corrected chi connectivity index (χ3v) is 6.25. The molecule has 1 fully saturated rings. The van der Waals surface area contributed by atoms with Crippen molar-refractivity contribution in [3.8, 4) is 17.2 Å². The predicted molar refractivity (Wildman–Crippen MR) is 105 cm³/mol. The number of carbonyl (C=O) groups excluding carboxylic acids is 2. The summed E-state index contributed by atoms with van der Waals surface area (Å²) in [5.74, 6) is 1.45. The van der Waals surface area contributed by atoms with Gasteiger partial charge in [0.1, 0.15) is 12.4 Å². The van der Waals surface area contributed by atoms with Crippen molar-refractivity contribution in [1.82, 2.24) is 0 Å². The van der Waals surface area contributed by atoms with Gasteiger partial charge in [-0.2, -0.15) is 0 Å². The molecule has 1 aliphatic carbocycles. The smallest absolute Gasteiger partial charge is 0.349 e. The monoisotopic (exact) mass is 392 g/mol. The molecule has 3 aliphatic heterocycles. The highest BCUT2D eigenvalue weighted by molar-refractivity contribution is 5.96. The summed E-state index contributed by atoms with van der Waals surface area (Å²) in [6.07, 6.45) is 1.91. The lowest BCUT2D eigenvalue weighted by Crippen LogP contribution is -2.35. The first-order valence-electron chi connectivity index (χ1n) is 9.85. The summed E-state index contributed by atoms with van der Waals surface area (Å²) in [4.78, 5) is 26.4. The summed E-state index contributed by atoms with van der Waals surface area (Å²) >= 11 is 0. The fraction of sp³-hybridized carbons (Fsp3) is 0.364. The van der Waals surface area contributed by atoms with Gasteiger partial charge in [0.2, 0.25) is 5.91 Å². The second-order valence-electron chi connectivity index (χ2n) is 8.25. The van der Waals surface area contributed by atoms with Crippen molar-refractivity contribution in [3.05, 3.63) is 41.5 Å². The maximum atomic E-state index is 12.5. The average molecular weight is 392 g/mol. The molecular weight excluding hydrogens is 372 g/mol. The predicted octanol–water partition coefficient (Wildman–Crippen LogP) is 2.46. The number of nitrogens with zero attached hydrogens (tertiary/aromatic N) is 1. The highest BCUT2D eigenvalue weighted by Crippen LogP contribution is 2.55. The minimum absolute atomic E-state index is 0.0787. The fourth-order valence-corrected chi connectivity index (χ4v) is 4.75. The van der Waals surface area contributed by atoms with E-state index in [1.807, 2.05) is 25.2 Å². The Morgan fingerprint density at radius 3 is 2.86 bits per heavy atom. The molecule has 7 heteroatoms. The first kappa shape index (κ1) is 16.7. The number of rotatable bonds is 2. The third-order valence-electron chi connectivity index (χ3n) is 6.25. The number of anilines is 2. The number of hydrogen-bond acceptors (Lipinski definition) is 6. The zero-order valence-corrected chi connectivity index (χ0v) is 16.0. The van der Waals surface area contributed by atoms with Crippen molar-refractivity contribution in [1.29, 1.82) is 0 Å². The molecule has 1 unspecified atom stereocenters. The highest BCUT2D eigenvalue weighted by atomic mass is 16.6. The van der Waals surface area contributed by atoms with E-state index in [9.17, 15) is 9.59 Å². The molecule has 1 spiro atoms. The van der Waals surface area contributed by atoms with E-state index in [-0.39, 0.29) is 18.4 Å². The van der Waals surface area contributed by atoms with Crippen LogP contribution in [0.2, 0.25) is 0 Å². The van der Waals surface area contributed by atoms with Crippen LogP contribution in [0.5, 0.6) is 17.2 Å². The van der Waals surface area contributed by atoms with Crippen LogP contribution in [0, 0.1) is 5.92 Å². The Labute approximate surface area is 167 Å². The largest absolute Gasteiger partial charge is 0.492 e. The molecule has 1 atom stereocenters. The maximum absolute atomic E-state index is 12.5. The van der Waals surface area contributed by atoms with Gasteiger partial charge in [0.25, 0.3) is 0 Å². The fourth-order valence-electron chi connectivity index (χ4n) is 4.75. The van der Waals surface area contributed by atoms with Gasteiger partial charge in [0.05, 0.1) is 5.41 Å². The third kappa shape index (κ3) is 2.36. The summed E-state index contributed by atoms with van der Waals surface area (Å²) in [5, 5.41) is 3.14. The van der Waals surface area contributed by atoms with Gasteiger partial charge in [-0.1, -0.05) is 6.07 Å². The van der Waals surface area contributed by atoms with Crippen LogP contribution in [-0.2, 0) is 15.0 Å². The van der Waals surface area contributed by atoms with E-state index in [0.717, 1.165) is 41.1 Å². The first-order chi connectivity index (χ1) is 14.0. The van der Waals surface area contributed by atoms with E-state index < -0.39 is 11.4 Å². The molecule has 148 valence electrons. The lowest BCUT2D eigenvalue weighted by Gasteiger charge is -2.26. The number of ether oxygens (including phenoxy) is 3. The number of fused-ring (bicyclic) bond motifs is 5. The number of likely N-dealkylation sites (N-methyl/N-ethyl adjacent to an activating group) is 1. The van der Waals surface area contributed by atoms with Gasteiger partial charge in [-0.05, 0) is 31.0 Å². The summed E-state index contributed by atoms with van der Waals surface area (Å²) in [6.45, 7) is 1.06. The van der Waals surface area contributed by atoms with E-state index >= 15 is 0 Å². The molecule has 7 nitrogen and oxygen atoms in total. The summed E-state index contributed by atoms with van der Waals surface area (Å²) in [6, 6.07) is 9.65. The second kappa shape index (κ2) is 5.65. The minimum atomic E-state index is -0.453. The SMILES string of the molecule is CN1CC2(COc3cc4c(cc32)OC(=O)CO4)c2c(NC(=O)C3CC3)cccc21. The Morgan fingerprint density at radius 2 is 2.03 bits per heavy atom. The van der Waals surface area contributed by atoms with Crippen molar-refractivity contribution in [2.75, 3.05) is 37.0 Å². The number of esters is 1. The Kier molecular flexibility index (Phi) is 3.26. The van der Waals surface area contributed by atoms with Gasteiger partial charge in [-0.25, -0.2) is 4.79 Å². The summed E-state index contributed by atoms with van der Waals surface area (Å²) in [7, 11) is 2.04. The summed E-state index contributed by atoms with van der Waals surface area (Å²) < 4.78 is 17.0. The van der Waals surface area contributed by atoms with Crippen LogP contribution in [0.3, 0.4) is 0 Å². The minimum Gasteiger partial charge on any atom is -0.492 e. The molecule has 1 saturated carbocycles. The molecule has 0 bridgehead atoms. The van der Waals surface area contributed by atoms with Crippen molar-refractivity contribution in [2.45, 2.75) is 18.3 Å². The number of amides is 1. The lowest BCUT2D eigenvalue weighted by molar-refractivity contribution is -0.138. The molecule has 0 radical (unpaired) electrons. The van der Waals surface area contributed by atoms with Crippen LogP contribution in [0.1, 0.15) is 24.0 Å². The van der Waals surface area contributed by atoms with Gasteiger partial charge >= 0.3 is 5.97 Å². The van der Waals surface area contributed by atoms with E-state index in [1.54, 1.807) is 6.07 Å². The number of nitrogens with one attached hydrogen (secondary N) is 1. The van der Waals surface area contributed by atoms with Gasteiger partial charge < -0.3 is 24.4 Å². The molecule has 0 saturated heterocycles. The van der Waals surface area contributed by atoms with E-state index in [4.69, 9.17) is 14.2 Å². The molecule has 2 aromatic carbocycles. The first-order valence-corrected chi connectivity index (χ1v) is 9.85. The van der Waals surface area contributed by atoms with E-state index in [2.05, 4.69) is 16.3 Å². The van der Waals surface area contributed by atoms with Crippen LogP contribution in [-0.4, -0.2) is 38.7 Å². The molecule has 0 aromatic heterocycles. The van der Waals surface area contributed by atoms with Gasteiger partial charge in [0, 0.05) is 48.1 Å². The van der Waals surface area contributed by atoms with Crippen molar-refractivity contribution < 1.29 is 23.8 Å². The molecular formula is C22H20N2O5. The molecule has 2 aromatic rings. The Hall–Kier alpha value is -3.22. The number of hydrogen-bond donors (Lipinski definition) is 1. The zero-order valence-electron chi connectivity index (χ0n) is 16.0. The van der Waals surface area contributed by atoms with Crippen molar-refractivity contribution in [2.24, 2.45) is 5.92 Å². The Morgan fingerprint density at radius 1 is 1.17 bits per heavy atom. The normalized spacial score (nSPS) is 23.6. The summed E-state index contributed by atoms with van der Waals surface area (Å²) in [5.41, 5.74) is 3.45. The Bertz CT molecular complexity index is 1080. The van der Waals surface area contributed by atoms with Crippen LogP contribution in [0.15, 0.2) is 30.3 Å². The number of benzene rings is 2. The molecule has 29 heavy (non-hydrogen) atoms. The van der Waals surface area contributed by atoms with Crippen LogP contribution < -0.4 is 24.4 Å². The van der Waals surface area contributed by atoms with Gasteiger partial charge in [-0.15, -0.1) is 0 Å². The average Bonchev–Trinajstić information content (AvgIpc) is 3.45. The van der Waals surface area contributed by atoms with Crippen LogP contribution in [0.4, 0.5) is 11.4 Å². The van der Waals surface area contributed by atoms with Crippen molar-refractivity contribution in [3.63, 3.8) is 0 Å². The zero-order chi connectivity index (χ0) is 19.8. The molecule has 6 rings (SSSR count). The maximum Gasteiger partial charge on any atom is 0.349 e. The van der Waals surface area contributed by atoms with Gasteiger partial charge in [0.15, 0.2) is 18.1 Å². The second-order valence-corrected chi connectivity index (χ2v) is 8.25. The lowest BCUT2D eigenvalue weighted by atomic mass is 9.76. The highest BCUT2D eigenvalue weighted by Gasteiger charge is 2.51. The van der Waals surface area contributed by atoms with Crippen molar-refractivity contribution >= 4 is 23.3 Å². The molecule has 1 amide bonds. The standard InChI is InChI=1S/C22H20N2O5/c1-24-10-22(20-14(3-2-4-15(20)24)23-21(26)12-5-6-12)11-28-16-8-17-18(7-13(16)22)29-19(25)9-27-17/h2-4,7-8,12H,5-6,9-11H2,1H3,(H,23,26). The van der Waals surface area contributed by atoms with Crippen LogP contribution >= 0.6 is 0 Å². The van der Waals surface area contributed by atoms with Crippen LogP contribution in [0.25, 0.3) is 0 Å². The van der Waals surface area contributed by atoms with E-state index in [0.29, 0.717) is 24.7 Å². The van der Waals surface area contributed by atoms with E-state index in [1.165, 1.54) is 0 Å². The molecule has 4 aliphatic rings. The quantitative estimate of drug-likeness (QED) is 0.625.